The Bertz CT molecular complexity index is 429. The molecule has 84 valence electrons. The Morgan fingerprint density at radius 3 is 2.69 bits per heavy atom. The van der Waals surface area contributed by atoms with Crippen LogP contribution >= 0.6 is 0 Å². The summed E-state index contributed by atoms with van der Waals surface area (Å²) in [5.74, 6) is 0. The van der Waals surface area contributed by atoms with E-state index in [2.05, 4.69) is 4.40 Å². The number of nitrogens with zero attached hydrogens (tertiary/aromatic N) is 2. The maximum absolute atomic E-state index is 11.6. The predicted molar refractivity (Wildman–Crippen MR) is 66.6 cm³/mol. The fraction of sp³-hybridized carbons (Fsp3) is 0.333. The van der Waals surface area contributed by atoms with E-state index in [9.17, 15) is 4.55 Å². The molecule has 0 saturated carbocycles. The summed E-state index contributed by atoms with van der Waals surface area (Å²) in [7, 11) is 0. The van der Waals surface area contributed by atoms with Crippen LogP contribution in [0.15, 0.2) is 28.7 Å². The van der Waals surface area contributed by atoms with Gasteiger partial charge in [0.15, 0.2) is 0 Å². The van der Waals surface area contributed by atoms with Gasteiger partial charge in [0.2, 0.25) is 0 Å². The van der Waals surface area contributed by atoms with Crippen molar-refractivity contribution in [3.05, 3.63) is 35.4 Å². The van der Waals surface area contributed by atoms with E-state index < -0.39 is 11.4 Å². The quantitative estimate of drug-likeness (QED) is 0.583. The first-order valence-electron chi connectivity index (χ1n) is 4.90. The second-order valence-corrected chi connectivity index (χ2v) is 6.27. The highest BCUT2D eigenvalue weighted by Gasteiger charge is 2.25. The lowest BCUT2D eigenvalue weighted by Gasteiger charge is -2.17. The van der Waals surface area contributed by atoms with Gasteiger partial charge in [-0.3, -0.25) is 0 Å². The minimum Gasteiger partial charge on any atom is -0.591 e. The van der Waals surface area contributed by atoms with Gasteiger partial charge in [0, 0.05) is 0 Å². The highest BCUT2D eigenvalue weighted by Crippen LogP contribution is 2.16. The van der Waals surface area contributed by atoms with Crippen LogP contribution in [0.4, 0.5) is 0 Å². The van der Waals surface area contributed by atoms with Crippen LogP contribution in [0.1, 0.15) is 31.9 Å². The second-order valence-electron chi connectivity index (χ2n) is 4.33. The molecule has 0 spiro atoms. The maximum Gasteiger partial charge on any atom is 0.144 e. The molecule has 1 rings (SSSR count). The van der Waals surface area contributed by atoms with E-state index in [1.165, 1.54) is 0 Å². The van der Waals surface area contributed by atoms with Gasteiger partial charge in [0.05, 0.1) is 17.8 Å². The van der Waals surface area contributed by atoms with Crippen molar-refractivity contribution in [1.29, 1.82) is 5.26 Å². The molecule has 0 heterocycles. The molecule has 1 aromatic carbocycles. The van der Waals surface area contributed by atoms with Gasteiger partial charge in [0.25, 0.3) is 0 Å². The summed E-state index contributed by atoms with van der Waals surface area (Å²) in [5, 5.41) is 8.71. The molecule has 1 atom stereocenters. The van der Waals surface area contributed by atoms with Crippen LogP contribution in [0.25, 0.3) is 0 Å². The molecule has 0 aromatic heterocycles. The second kappa shape index (κ2) is 5.15. The fourth-order valence-electron chi connectivity index (χ4n) is 0.955. The molecule has 0 saturated heterocycles. The van der Waals surface area contributed by atoms with E-state index >= 15 is 0 Å². The third-order valence-corrected chi connectivity index (χ3v) is 3.18. The van der Waals surface area contributed by atoms with Crippen LogP contribution in [0.2, 0.25) is 0 Å². The van der Waals surface area contributed by atoms with Crippen molar-refractivity contribution in [3.8, 4) is 6.07 Å². The Morgan fingerprint density at radius 2 is 2.12 bits per heavy atom. The van der Waals surface area contributed by atoms with E-state index in [4.69, 9.17) is 5.26 Å². The van der Waals surface area contributed by atoms with Gasteiger partial charge in [-0.1, -0.05) is 16.5 Å². The minimum atomic E-state index is -1.26. The highest BCUT2D eigenvalue weighted by molar-refractivity contribution is 7.91. The van der Waals surface area contributed by atoms with Crippen molar-refractivity contribution in [2.45, 2.75) is 25.5 Å². The van der Waals surface area contributed by atoms with E-state index in [-0.39, 0.29) is 4.75 Å². The molecule has 0 aliphatic carbocycles. The van der Waals surface area contributed by atoms with Gasteiger partial charge in [-0.25, -0.2) is 0 Å². The molecule has 0 aliphatic rings. The average molecular weight is 234 g/mol. The highest BCUT2D eigenvalue weighted by atomic mass is 32.2. The number of rotatable bonds is 2. The molecule has 0 aliphatic heterocycles. The molecule has 16 heavy (non-hydrogen) atoms. The molecule has 0 N–H and O–H groups in total. The standard InChI is InChI=1S/C12H14N2OS/c1-12(2,3)16(15)14-9-11-6-4-5-10(7-11)8-13/h4-7,9H,1-3H3/t16-/m1/s1. The normalized spacial score (nSPS) is 13.7. The van der Waals surface area contributed by atoms with Gasteiger partial charge < -0.3 is 4.55 Å². The first-order chi connectivity index (χ1) is 7.43. The van der Waals surface area contributed by atoms with Crippen molar-refractivity contribution < 1.29 is 4.55 Å². The van der Waals surface area contributed by atoms with Crippen LogP contribution in [0, 0.1) is 11.3 Å². The average Bonchev–Trinajstić information content (AvgIpc) is 2.25. The monoisotopic (exact) mass is 234 g/mol. The van der Waals surface area contributed by atoms with Crippen molar-refractivity contribution in [1.82, 2.24) is 0 Å². The Kier molecular flexibility index (Phi) is 4.11. The minimum absolute atomic E-state index is 0.358. The summed E-state index contributed by atoms with van der Waals surface area (Å²) in [6, 6.07) is 9.08. The van der Waals surface area contributed by atoms with E-state index in [1.54, 1.807) is 24.4 Å². The molecule has 0 fully saturated rings. The van der Waals surface area contributed by atoms with Crippen molar-refractivity contribution in [3.63, 3.8) is 0 Å². The van der Waals surface area contributed by atoms with E-state index in [1.807, 2.05) is 32.9 Å². The van der Waals surface area contributed by atoms with Crippen LogP contribution in [0.5, 0.6) is 0 Å². The Hall–Kier alpha value is -1.31. The third kappa shape index (κ3) is 3.69. The Balaban J connectivity index is 2.81. The van der Waals surface area contributed by atoms with Crippen LogP contribution in [0.3, 0.4) is 0 Å². The predicted octanol–water partition coefficient (Wildman–Crippen LogP) is 2.44. The first kappa shape index (κ1) is 12.8. The number of benzene rings is 1. The lowest BCUT2D eigenvalue weighted by atomic mass is 10.1. The van der Waals surface area contributed by atoms with Crippen molar-refractivity contribution in [2.24, 2.45) is 4.40 Å². The van der Waals surface area contributed by atoms with Crippen molar-refractivity contribution in [2.75, 3.05) is 0 Å². The zero-order chi connectivity index (χ0) is 12.2. The molecule has 4 heteroatoms. The lowest BCUT2D eigenvalue weighted by molar-refractivity contribution is 0.562. The Morgan fingerprint density at radius 1 is 1.44 bits per heavy atom. The number of nitriles is 1. The van der Waals surface area contributed by atoms with Gasteiger partial charge in [-0.2, -0.15) is 5.26 Å². The fourth-order valence-corrected chi connectivity index (χ4v) is 1.49. The van der Waals surface area contributed by atoms with Crippen molar-refractivity contribution >= 4 is 17.6 Å². The summed E-state index contributed by atoms with van der Waals surface area (Å²) in [6.45, 7) is 5.60. The smallest absolute Gasteiger partial charge is 0.144 e. The molecular formula is C12H14N2OS. The third-order valence-electron chi connectivity index (χ3n) is 1.84. The largest absolute Gasteiger partial charge is 0.591 e. The summed E-state index contributed by atoms with van der Waals surface area (Å²) >= 11 is -1.26. The van der Waals surface area contributed by atoms with E-state index in [0.717, 1.165) is 5.56 Å². The number of hydrogen-bond acceptors (Lipinski definition) is 3. The van der Waals surface area contributed by atoms with Gasteiger partial charge >= 0.3 is 0 Å². The molecular weight excluding hydrogens is 220 g/mol. The molecule has 0 radical (unpaired) electrons. The zero-order valence-corrected chi connectivity index (χ0v) is 10.4. The topological polar surface area (TPSA) is 59.2 Å². The van der Waals surface area contributed by atoms with Gasteiger partial charge in [0.1, 0.15) is 16.1 Å². The lowest BCUT2D eigenvalue weighted by Crippen LogP contribution is -2.25. The summed E-state index contributed by atoms with van der Waals surface area (Å²) in [6.07, 6.45) is 1.54. The SMILES string of the molecule is CC(C)(C)[S@@+]([O-])N=Cc1cccc(C#N)c1. The molecule has 0 unspecified atom stereocenters. The van der Waals surface area contributed by atoms with E-state index in [0.29, 0.717) is 5.56 Å². The van der Waals surface area contributed by atoms with Gasteiger partial charge in [-0.15, -0.1) is 0 Å². The van der Waals surface area contributed by atoms with Crippen LogP contribution in [-0.4, -0.2) is 15.5 Å². The summed E-state index contributed by atoms with van der Waals surface area (Å²) in [4.78, 5) is 0. The molecule has 1 aromatic rings. The Labute approximate surface area is 99.1 Å². The molecule has 0 amide bonds. The van der Waals surface area contributed by atoms with Gasteiger partial charge in [-0.05, 0) is 38.5 Å². The zero-order valence-electron chi connectivity index (χ0n) is 9.60. The number of hydrogen-bond donors (Lipinski definition) is 0. The molecule has 0 bridgehead atoms. The maximum atomic E-state index is 11.6. The summed E-state index contributed by atoms with van der Waals surface area (Å²) < 4.78 is 15.3. The van der Waals surface area contributed by atoms with Crippen LogP contribution < -0.4 is 0 Å². The van der Waals surface area contributed by atoms with Crippen LogP contribution in [-0.2, 0) is 11.4 Å². The molecule has 3 nitrogen and oxygen atoms in total. The first-order valence-corrected chi connectivity index (χ1v) is 6.00. The summed E-state index contributed by atoms with van der Waals surface area (Å²) in [5.41, 5.74) is 1.36.